The lowest BCUT2D eigenvalue weighted by molar-refractivity contribution is -0.127. The molecule has 4 heteroatoms. The Labute approximate surface area is 54.0 Å². The summed E-state index contributed by atoms with van der Waals surface area (Å²) in [5, 5.41) is 11.6. The van der Waals surface area contributed by atoms with Crippen molar-refractivity contribution < 1.29 is 9.90 Å². The highest BCUT2D eigenvalue weighted by molar-refractivity contribution is 5.79. The highest BCUT2D eigenvalue weighted by atomic mass is 16.3. The Morgan fingerprint density at radius 2 is 2.22 bits per heavy atom. The molecule has 0 saturated heterocycles. The molecule has 0 saturated carbocycles. The second kappa shape index (κ2) is 3.42. The lowest BCUT2D eigenvalue weighted by atomic mass is 10.2. The molecule has 0 aromatic rings. The third-order valence-corrected chi connectivity index (χ3v) is 1.22. The molecule has 0 heterocycles. The number of amides is 1. The monoisotopic (exact) mass is 132 g/mol. The standard InChI is InChI=1S/C5H12N2O2/c1-3(7-2)4(8)5(6)9/h3-4,7-8H,1-2H3,(H2,6,9). The Kier molecular flexibility index (Phi) is 3.19. The first-order valence-electron chi connectivity index (χ1n) is 2.74. The predicted octanol–water partition coefficient (Wildman–Crippen LogP) is -1.56. The number of primary amides is 1. The number of nitrogens with one attached hydrogen (secondary N) is 1. The van der Waals surface area contributed by atoms with Crippen LogP contribution in [-0.4, -0.2) is 30.2 Å². The number of nitrogens with two attached hydrogens (primary N) is 1. The van der Waals surface area contributed by atoms with Gasteiger partial charge in [-0.1, -0.05) is 0 Å². The maximum atomic E-state index is 10.2. The molecular formula is C5H12N2O2. The first-order valence-corrected chi connectivity index (χ1v) is 2.74. The molecule has 4 N–H and O–H groups in total. The normalized spacial score (nSPS) is 16.8. The zero-order chi connectivity index (χ0) is 7.44. The molecule has 54 valence electrons. The summed E-state index contributed by atoms with van der Waals surface area (Å²) in [6.07, 6.45) is -1.09. The molecule has 0 bridgehead atoms. The van der Waals surface area contributed by atoms with E-state index in [1.807, 2.05) is 0 Å². The van der Waals surface area contributed by atoms with Gasteiger partial charge in [0.1, 0.15) is 6.10 Å². The molecule has 0 aliphatic heterocycles. The van der Waals surface area contributed by atoms with Crippen molar-refractivity contribution in [2.24, 2.45) is 5.73 Å². The fourth-order valence-electron chi connectivity index (χ4n) is 0.404. The van der Waals surface area contributed by atoms with E-state index in [0.717, 1.165) is 0 Å². The van der Waals surface area contributed by atoms with Crippen molar-refractivity contribution in [1.29, 1.82) is 0 Å². The lowest BCUT2D eigenvalue weighted by Crippen LogP contribution is -2.43. The number of aliphatic hydroxyl groups is 1. The van der Waals surface area contributed by atoms with Gasteiger partial charge in [-0.25, -0.2) is 0 Å². The molecule has 0 aliphatic carbocycles. The van der Waals surface area contributed by atoms with Crippen LogP contribution < -0.4 is 11.1 Å². The summed E-state index contributed by atoms with van der Waals surface area (Å²) in [6, 6.07) is -0.275. The maximum Gasteiger partial charge on any atom is 0.247 e. The van der Waals surface area contributed by atoms with Crippen LogP contribution in [0.5, 0.6) is 0 Å². The molecule has 0 aliphatic rings. The molecule has 0 rings (SSSR count). The highest BCUT2D eigenvalue weighted by Crippen LogP contribution is 1.88. The summed E-state index contributed by atoms with van der Waals surface area (Å²) >= 11 is 0. The van der Waals surface area contributed by atoms with Gasteiger partial charge >= 0.3 is 0 Å². The van der Waals surface area contributed by atoms with E-state index in [1.54, 1.807) is 14.0 Å². The van der Waals surface area contributed by atoms with Crippen molar-refractivity contribution in [3.63, 3.8) is 0 Å². The Balaban J connectivity index is 3.72. The van der Waals surface area contributed by atoms with E-state index < -0.39 is 12.0 Å². The van der Waals surface area contributed by atoms with Crippen molar-refractivity contribution >= 4 is 5.91 Å². The Hall–Kier alpha value is -0.610. The molecular weight excluding hydrogens is 120 g/mol. The zero-order valence-corrected chi connectivity index (χ0v) is 5.59. The van der Waals surface area contributed by atoms with Gasteiger partial charge in [-0.2, -0.15) is 0 Å². The van der Waals surface area contributed by atoms with Crippen molar-refractivity contribution in [3.8, 4) is 0 Å². The second-order valence-electron chi connectivity index (χ2n) is 1.92. The number of likely N-dealkylation sites (N-methyl/N-ethyl adjacent to an activating group) is 1. The van der Waals surface area contributed by atoms with Crippen LogP contribution in [0.3, 0.4) is 0 Å². The van der Waals surface area contributed by atoms with Gasteiger partial charge in [-0.15, -0.1) is 0 Å². The van der Waals surface area contributed by atoms with Gasteiger partial charge in [0.2, 0.25) is 5.91 Å². The van der Waals surface area contributed by atoms with Crippen LogP contribution in [0.1, 0.15) is 6.92 Å². The molecule has 0 aromatic heterocycles. The first kappa shape index (κ1) is 8.39. The number of hydrogen-bond donors (Lipinski definition) is 3. The van der Waals surface area contributed by atoms with E-state index in [0.29, 0.717) is 0 Å². The summed E-state index contributed by atoms with van der Waals surface area (Å²) in [6.45, 7) is 1.68. The van der Waals surface area contributed by atoms with Crippen LogP contribution >= 0.6 is 0 Å². The van der Waals surface area contributed by atoms with Gasteiger partial charge in [0, 0.05) is 6.04 Å². The fourth-order valence-corrected chi connectivity index (χ4v) is 0.404. The van der Waals surface area contributed by atoms with Gasteiger partial charge in [-0.05, 0) is 14.0 Å². The zero-order valence-electron chi connectivity index (χ0n) is 5.59. The average Bonchev–Trinajstić information content (AvgIpc) is 1.84. The molecule has 1 amide bonds. The Morgan fingerprint density at radius 1 is 1.78 bits per heavy atom. The van der Waals surface area contributed by atoms with Crippen LogP contribution in [0.25, 0.3) is 0 Å². The SMILES string of the molecule is CNC(C)C(O)C(N)=O. The molecule has 0 radical (unpaired) electrons. The van der Waals surface area contributed by atoms with Crippen LogP contribution in [0.15, 0.2) is 0 Å². The quantitative estimate of drug-likeness (QED) is 0.434. The topological polar surface area (TPSA) is 75.3 Å². The number of carbonyl (C=O) groups excluding carboxylic acids is 1. The minimum atomic E-state index is -1.09. The van der Waals surface area contributed by atoms with Crippen LogP contribution in [0, 0.1) is 0 Å². The summed E-state index contributed by atoms with van der Waals surface area (Å²) < 4.78 is 0. The smallest absolute Gasteiger partial charge is 0.247 e. The van der Waals surface area contributed by atoms with Crippen molar-refractivity contribution in [2.75, 3.05) is 7.05 Å². The van der Waals surface area contributed by atoms with Crippen LogP contribution in [0.4, 0.5) is 0 Å². The molecule has 0 spiro atoms. The predicted molar refractivity (Wildman–Crippen MR) is 33.7 cm³/mol. The Morgan fingerprint density at radius 3 is 2.33 bits per heavy atom. The van der Waals surface area contributed by atoms with Crippen LogP contribution in [-0.2, 0) is 4.79 Å². The van der Waals surface area contributed by atoms with E-state index in [9.17, 15) is 4.79 Å². The van der Waals surface area contributed by atoms with Gasteiger partial charge in [-0.3, -0.25) is 4.79 Å². The van der Waals surface area contributed by atoms with Crippen molar-refractivity contribution in [1.82, 2.24) is 5.32 Å². The third-order valence-electron chi connectivity index (χ3n) is 1.22. The largest absolute Gasteiger partial charge is 0.382 e. The van der Waals surface area contributed by atoms with E-state index in [4.69, 9.17) is 10.8 Å². The summed E-state index contributed by atoms with van der Waals surface area (Å²) in [4.78, 5) is 10.2. The number of aliphatic hydroxyl groups excluding tert-OH is 1. The lowest BCUT2D eigenvalue weighted by Gasteiger charge is -2.13. The summed E-state index contributed by atoms with van der Waals surface area (Å²) in [5.41, 5.74) is 4.78. The maximum absolute atomic E-state index is 10.2. The van der Waals surface area contributed by atoms with Gasteiger partial charge < -0.3 is 16.2 Å². The van der Waals surface area contributed by atoms with Gasteiger partial charge in [0.05, 0.1) is 0 Å². The second-order valence-corrected chi connectivity index (χ2v) is 1.92. The van der Waals surface area contributed by atoms with Gasteiger partial charge in [0.15, 0.2) is 0 Å². The fraction of sp³-hybridized carbons (Fsp3) is 0.800. The molecule has 0 fully saturated rings. The highest BCUT2D eigenvalue weighted by Gasteiger charge is 2.16. The first-order chi connectivity index (χ1) is 4.09. The Bertz CT molecular complexity index is 105. The molecule has 2 atom stereocenters. The van der Waals surface area contributed by atoms with Crippen molar-refractivity contribution in [3.05, 3.63) is 0 Å². The average molecular weight is 132 g/mol. The molecule has 0 aromatic carbocycles. The van der Waals surface area contributed by atoms with E-state index >= 15 is 0 Å². The third kappa shape index (κ3) is 2.43. The molecule has 4 nitrogen and oxygen atoms in total. The number of rotatable bonds is 3. The summed E-state index contributed by atoms with van der Waals surface area (Å²) in [5.74, 6) is -0.697. The molecule has 2 unspecified atom stereocenters. The van der Waals surface area contributed by atoms with Gasteiger partial charge in [0.25, 0.3) is 0 Å². The minimum Gasteiger partial charge on any atom is -0.382 e. The van der Waals surface area contributed by atoms with E-state index in [-0.39, 0.29) is 6.04 Å². The minimum absolute atomic E-state index is 0.275. The van der Waals surface area contributed by atoms with E-state index in [2.05, 4.69) is 5.32 Å². The van der Waals surface area contributed by atoms with Crippen molar-refractivity contribution in [2.45, 2.75) is 19.1 Å². The molecule has 9 heavy (non-hydrogen) atoms. The van der Waals surface area contributed by atoms with Crippen LogP contribution in [0.2, 0.25) is 0 Å². The number of carbonyl (C=O) groups is 1. The summed E-state index contributed by atoms with van der Waals surface area (Å²) in [7, 11) is 1.65. The number of hydrogen-bond acceptors (Lipinski definition) is 3. The van der Waals surface area contributed by atoms with E-state index in [1.165, 1.54) is 0 Å².